The number of imidazole rings is 1. The SMILES string of the molecule is O=C(OC[C@H](OCn1ccnc1[N+](=O)[O-])[C@@H](COC(=O)c1ccccc1)OC(=O)c1ccccc1)c1ccccc1. The molecule has 12 heteroatoms. The van der Waals surface area contributed by atoms with Crippen molar-refractivity contribution in [2.45, 2.75) is 18.9 Å². The molecule has 0 unspecified atom stereocenters. The second kappa shape index (κ2) is 14.1. The zero-order valence-electron chi connectivity index (χ0n) is 21.6. The summed E-state index contributed by atoms with van der Waals surface area (Å²) in [6.45, 7) is -1.31. The highest BCUT2D eigenvalue weighted by atomic mass is 16.6. The van der Waals surface area contributed by atoms with Gasteiger partial charge in [0.2, 0.25) is 0 Å². The molecule has 4 rings (SSSR count). The van der Waals surface area contributed by atoms with E-state index in [9.17, 15) is 24.5 Å². The van der Waals surface area contributed by atoms with Crippen LogP contribution in [0.5, 0.6) is 0 Å². The molecule has 0 amide bonds. The molecule has 1 heterocycles. The van der Waals surface area contributed by atoms with E-state index in [4.69, 9.17) is 18.9 Å². The van der Waals surface area contributed by atoms with Crippen LogP contribution < -0.4 is 0 Å². The quantitative estimate of drug-likeness (QED) is 0.102. The lowest BCUT2D eigenvalue weighted by atomic mass is 10.2. The van der Waals surface area contributed by atoms with Crippen molar-refractivity contribution in [3.63, 3.8) is 0 Å². The van der Waals surface area contributed by atoms with Gasteiger partial charge in [0.25, 0.3) is 0 Å². The molecule has 0 saturated heterocycles. The number of hydrogen-bond donors (Lipinski definition) is 0. The van der Waals surface area contributed by atoms with E-state index in [2.05, 4.69) is 4.98 Å². The third kappa shape index (κ3) is 8.07. The van der Waals surface area contributed by atoms with Crippen LogP contribution in [-0.4, -0.2) is 57.8 Å². The third-order valence-corrected chi connectivity index (χ3v) is 5.74. The predicted molar refractivity (Wildman–Crippen MR) is 143 cm³/mol. The number of carbonyl (C=O) groups excluding carboxylic acids is 3. The first kappa shape index (κ1) is 28.6. The summed E-state index contributed by atoms with van der Waals surface area (Å²) >= 11 is 0. The molecule has 0 radical (unpaired) electrons. The summed E-state index contributed by atoms with van der Waals surface area (Å²) in [6, 6.07) is 24.4. The lowest BCUT2D eigenvalue weighted by molar-refractivity contribution is -0.397. The molecule has 210 valence electrons. The smallest absolute Gasteiger partial charge is 0.436 e. The van der Waals surface area contributed by atoms with Gasteiger partial charge in [-0.1, -0.05) is 59.6 Å². The van der Waals surface area contributed by atoms with Crippen LogP contribution >= 0.6 is 0 Å². The van der Waals surface area contributed by atoms with Gasteiger partial charge in [-0.2, -0.15) is 0 Å². The van der Waals surface area contributed by atoms with Gasteiger partial charge in [0.05, 0.1) is 16.7 Å². The van der Waals surface area contributed by atoms with E-state index in [-0.39, 0.29) is 16.7 Å². The van der Waals surface area contributed by atoms with E-state index in [0.29, 0.717) is 0 Å². The highest BCUT2D eigenvalue weighted by molar-refractivity contribution is 5.90. The van der Waals surface area contributed by atoms with Gasteiger partial charge in [0, 0.05) is 0 Å². The third-order valence-electron chi connectivity index (χ3n) is 5.74. The molecule has 4 aromatic rings. The highest BCUT2D eigenvalue weighted by Gasteiger charge is 2.31. The molecule has 12 nitrogen and oxygen atoms in total. The largest absolute Gasteiger partial charge is 0.459 e. The Kier molecular flexibility index (Phi) is 9.88. The lowest BCUT2D eigenvalue weighted by Crippen LogP contribution is -2.41. The monoisotopic (exact) mass is 559 g/mol. The van der Waals surface area contributed by atoms with Gasteiger partial charge >= 0.3 is 23.9 Å². The van der Waals surface area contributed by atoms with Crippen molar-refractivity contribution in [2.75, 3.05) is 13.2 Å². The fourth-order valence-electron chi connectivity index (χ4n) is 3.64. The van der Waals surface area contributed by atoms with E-state index >= 15 is 0 Å². The molecule has 0 N–H and O–H groups in total. The first-order valence-electron chi connectivity index (χ1n) is 12.4. The number of ether oxygens (including phenoxy) is 4. The number of hydrogen-bond acceptors (Lipinski definition) is 10. The molecule has 0 aliphatic rings. The van der Waals surface area contributed by atoms with Gasteiger partial charge in [0.15, 0.2) is 12.8 Å². The Morgan fingerprint density at radius 1 is 0.732 bits per heavy atom. The summed E-state index contributed by atoms with van der Waals surface area (Å²) in [5.41, 5.74) is 0.754. The fraction of sp³-hybridized carbons (Fsp3) is 0.172. The summed E-state index contributed by atoms with van der Waals surface area (Å²) in [7, 11) is 0. The van der Waals surface area contributed by atoms with Crippen LogP contribution in [-0.2, 0) is 25.7 Å². The lowest BCUT2D eigenvalue weighted by Gasteiger charge is -2.26. The molecule has 0 spiro atoms. The first-order valence-corrected chi connectivity index (χ1v) is 12.4. The van der Waals surface area contributed by atoms with E-state index in [1.54, 1.807) is 78.9 Å². The van der Waals surface area contributed by atoms with Crippen LogP contribution in [0.3, 0.4) is 0 Å². The van der Waals surface area contributed by atoms with Crippen molar-refractivity contribution < 1.29 is 38.3 Å². The highest BCUT2D eigenvalue weighted by Crippen LogP contribution is 2.16. The Balaban J connectivity index is 1.57. The van der Waals surface area contributed by atoms with Crippen molar-refractivity contribution in [1.82, 2.24) is 9.55 Å². The number of rotatable bonds is 13. The summed E-state index contributed by atoms with van der Waals surface area (Å²) in [6.07, 6.45) is 0.0638. The Hall–Kier alpha value is -5.36. The number of benzene rings is 3. The summed E-state index contributed by atoms with van der Waals surface area (Å²) in [4.78, 5) is 52.6. The van der Waals surface area contributed by atoms with Gasteiger partial charge in [-0.3, -0.25) is 0 Å². The van der Waals surface area contributed by atoms with Gasteiger partial charge < -0.3 is 29.1 Å². The summed E-state index contributed by atoms with van der Waals surface area (Å²) in [5, 5.41) is 11.3. The van der Waals surface area contributed by atoms with Crippen LogP contribution in [0, 0.1) is 10.1 Å². The van der Waals surface area contributed by atoms with E-state index in [1.165, 1.54) is 24.5 Å². The molecule has 0 aliphatic carbocycles. The number of nitro groups is 1. The molecular weight excluding hydrogens is 534 g/mol. The van der Waals surface area contributed by atoms with Crippen molar-refractivity contribution in [3.8, 4) is 0 Å². The molecule has 1 aromatic heterocycles. The maximum Gasteiger partial charge on any atom is 0.436 e. The van der Waals surface area contributed by atoms with Crippen molar-refractivity contribution >= 4 is 23.9 Å². The maximum absolute atomic E-state index is 13.0. The van der Waals surface area contributed by atoms with Gasteiger partial charge in [-0.05, 0) is 41.3 Å². The van der Waals surface area contributed by atoms with Gasteiger partial charge in [0.1, 0.15) is 31.7 Å². The summed E-state index contributed by atoms with van der Waals surface area (Å²) in [5.74, 6) is -2.60. The average Bonchev–Trinajstić information content (AvgIpc) is 3.49. The van der Waals surface area contributed by atoms with Crippen LogP contribution in [0.1, 0.15) is 31.1 Å². The van der Waals surface area contributed by atoms with Gasteiger partial charge in [-0.15, -0.1) is 0 Å². The maximum atomic E-state index is 13.0. The standard InChI is InChI=1S/C29H25N3O9/c33-26(21-10-4-1-5-11-21)38-18-24(40-20-31-17-16-30-29(31)32(36)37)25(41-28(35)23-14-8-3-9-15-23)19-39-27(34)22-12-6-2-7-13-22/h1-17,24-25H,18-20H2/t24-,25+/m0/s1. The minimum absolute atomic E-state index is 0.220. The fourth-order valence-corrected chi connectivity index (χ4v) is 3.64. The predicted octanol–water partition coefficient (Wildman–Crippen LogP) is 4.07. The van der Waals surface area contributed by atoms with Crippen LogP contribution in [0.4, 0.5) is 5.95 Å². The normalized spacial score (nSPS) is 12.1. The molecule has 0 saturated carbocycles. The number of aromatic nitrogens is 2. The zero-order chi connectivity index (χ0) is 29.0. The zero-order valence-corrected chi connectivity index (χ0v) is 21.6. The van der Waals surface area contributed by atoms with Crippen LogP contribution in [0.25, 0.3) is 0 Å². The van der Waals surface area contributed by atoms with E-state index in [1.807, 2.05) is 0 Å². The Bertz CT molecular complexity index is 1460. The van der Waals surface area contributed by atoms with Crippen LogP contribution in [0.15, 0.2) is 103 Å². The van der Waals surface area contributed by atoms with E-state index < -0.39 is 60.9 Å². The molecule has 41 heavy (non-hydrogen) atoms. The topological polar surface area (TPSA) is 149 Å². The molecule has 0 bridgehead atoms. The van der Waals surface area contributed by atoms with Crippen LogP contribution in [0.2, 0.25) is 0 Å². The molecule has 0 aliphatic heterocycles. The second-order valence-electron chi connectivity index (χ2n) is 8.53. The number of carbonyl (C=O) groups is 3. The Labute approximate surface area is 234 Å². The van der Waals surface area contributed by atoms with E-state index in [0.717, 1.165) is 4.57 Å². The minimum Gasteiger partial charge on any atom is -0.459 e. The van der Waals surface area contributed by atoms with Crippen molar-refractivity contribution in [3.05, 3.63) is 130 Å². The molecule has 3 aromatic carbocycles. The summed E-state index contributed by atoms with van der Waals surface area (Å²) < 4.78 is 23.5. The number of esters is 3. The Morgan fingerprint density at radius 3 is 1.68 bits per heavy atom. The van der Waals surface area contributed by atoms with Crippen molar-refractivity contribution in [1.29, 1.82) is 0 Å². The van der Waals surface area contributed by atoms with Gasteiger partial charge in [-0.25, -0.2) is 19.0 Å². The molecular formula is C29H25N3O9. The molecule has 0 fully saturated rings. The Morgan fingerprint density at radius 2 is 1.20 bits per heavy atom. The number of nitrogens with zero attached hydrogens (tertiary/aromatic N) is 3. The second-order valence-corrected chi connectivity index (χ2v) is 8.53. The average molecular weight is 560 g/mol. The van der Waals surface area contributed by atoms with Crippen molar-refractivity contribution in [2.24, 2.45) is 0 Å². The minimum atomic E-state index is -1.28. The first-order chi connectivity index (χ1) is 19.9. The molecule has 2 atom stereocenters.